The van der Waals surface area contributed by atoms with Crippen molar-refractivity contribution in [2.75, 3.05) is 6.26 Å². The number of hydrogen-bond acceptors (Lipinski definition) is 3. The average molecular weight is 319 g/mol. The van der Waals surface area contributed by atoms with Crippen LogP contribution in [0.2, 0.25) is 10.0 Å². The van der Waals surface area contributed by atoms with Crippen molar-refractivity contribution in [2.45, 2.75) is 4.90 Å². The van der Waals surface area contributed by atoms with Crippen molar-refractivity contribution in [3.8, 4) is 10.4 Å². The molecule has 1 aromatic heterocycles. The lowest BCUT2D eigenvalue weighted by molar-refractivity contribution is 0.0702. The molecule has 1 heterocycles. The van der Waals surface area contributed by atoms with Crippen molar-refractivity contribution in [3.05, 3.63) is 39.2 Å². The van der Waals surface area contributed by atoms with Crippen LogP contribution in [-0.2, 0) is 0 Å². The van der Waals surface area contributed by atoms with Crippen LogP contribution in [0.25, 0.3) is 10.4 Å². The molecule has 0 aliphatic rings. The molecule has 0 aliphatic carbocycles. The Morgan fingerprint density at radius 1 is 1.28 bits per heavy atom. The van der Waals surface area contributed by atoms with Gasteiger partial charge in [-0.05, 0) is 30.5 Å². The molecule has 0 amide bonds. The van der Waals surface area contributed by atoms with E-state index in [0.29, 0.717) is 10.0 Å². The number of thiophene rings is 1. The molecule has 2 aromatic rings. The predicted molar refractivity (Wildman–Crippen MR) is 78.5 cm³/mol. The third-order valence-electron chi connectivity index (χ3n) is 2.32. The van der Waals surface area contributed by atoms with E-state index in [1.165, 1.54) is 23.1 Å². The minimum Gasteiger partial charge on any atom is -0.477 e. The number of aromatic carboxylic acids is 1. The zero-order valence-corrected chi connectivity index (χ0v) is 12.4. The molecule has 0 fully saturated rings. The summed E-state index contributed by atoms with van der Waals surface area (Å²) in [5.41, 5.74) is 0.761. The first-order valence-corrected chi connectivity index (χ1v) is 7.69. The fourth-order valence-corrected chi connectivity index (χ4v) is 3.62. The van der Waals surface area contributed by atoms with Gasteiger partial charge in [0.2, 0.25) is 0 Å². The number of hydrogen-bond donors (Lipinski definition) is 1. The van der Waals surface area contributed by atoms with Crippen molar-refractivity contribution in [3.63, 3.8) is 0 Å². The smallest absolute Gasteiger partial charge is 0.345 e. The lowest BCUT2D eigenvalue weighted by Crippen LogP contribution is -1.89. The summed E-state index contributed by atoms with van der Waals surface area (Å²) in [6, 6.07) is 6.87. The van der Waals surface area contributed by atoms with Gasteiger partial charge in [-0.25, -0.2) is 4.79 Å². The molecule has 6 heteroatoms. The highest BCUT2D eigenvalue weighted by molar-refractivity contribution is 7.98. The van der Waals surface area contributed by atoms with Crippen LogP contribution in [0.4, 0.5) is 0 Å². The standard InChI is InChI=1S/C12H8Cl2O2S2/c1-17-11-5-7(13)6(4-8(11)14)9-2-3-10(18-9)12(15)16/h2-5H,1H3,(H,15,16). The molecule has 0 saturated heterocycles. The normalized spacial score (nSPS) is 10.6. The van der Waals surface area contributed by atoms with E-state index in [1.807, 2.05) is 6.26 Å². The lowest BCUT2D eigenvalue weighted by Gasteiger charge is -2.06. The van der Waals surface area contributed by atoms with Crippen LogP contribution in [0.3, 0.4) is 0 Å². The molecule has 1 N–H and O–H groups in total. The molecule has 0 unspecified atom stereocenters. The molecule has 0 saturated carbocycles. The highest BCUT2D eigenvalue weighted by atomic mass is 35.5. The van der Waals surface area contributed by atoms with Crippen LogP contribution in [0.15, 0.2) is 29.2 Å². The fourth-order valence-electron chi connectivity index (χ4n) is 1.47. The van der Waals surface area contributed by atoms with Gasteiger partial charge in [0.1, 0.15) is 4.88 Å². The number of rotatable bonds is 3. The minimum absolute atomic E-state index is 0.283. The lowest BCUT2D eigenvalue weighted by atomic mass is 10.2. The van der Waals surface area contributed by atoms with Gasteiger partial charge in [0.05, 0.1) is 10.0 Å². The van der Waals surface area contributed by atoms with Crippen molar-refractivity contribution < 1.29 is 9.90 Å². The van der Waals surface area contributed by atoms with Crippen molar-refractivity contribution in [1.29, 1.82) is 0 Å². The van der Waals surface area contributed by atoms with Gasteiger partial charge in [-0.2, -0.15) is 0 Å². The monoisotopic (exact) mass is 318 g/mol. The Morgan fingerprint density at radius 2 is 2.00 bits per heavy atom. The topological polar surface area (TPSA) is 37.3 Å². The van der Waals surface area contributed by atoms with Crippen LogP contribution in [0.5, 0.6) is 0 Å². The Morgan fingerprint density at radius 3 is 2.56 bits per heavy atom. The molecular formula is C12H8Cl2O2S2. The van der Waals surface area contributed by atoms with Crippen LogP contribution in [-0.4, -0.2) is 17.3 Å². The predicted octanol–water partition coefficient (Wildman–Crippen LogP) is 5.14. The van der Waals surface area contributed by atoms with E-state index in [1.54, 1.807) is 24.3 Å². The first-order valence-electron chi connectivity index (χ1n) is 4.89. The summed E-state index contributed by atoms with van der Waals surface area (Å²) in [6.07, 6.45) is 1.92. The third-order valence-corrected chi connectivity index (χ3v) is 4.95. The van der Waals surface area contributed by atoms with Crippen LogP contribution in [0.1, 0.15) is 9.67 Å². The summed E-state index contributed by atoms with van der Waals surface area (Å²) in [4.78, 5) is 12.8. The Labute approximate surface area is 123 Å². The second kappa shape index (κ2) is 5.53. The maximum absolute atomic E-state index is 10.8. The second-order valence-electron chi connectivity index (χ2n) is 3.44. The number of carboxylic acids is 1. The number of benzene rings is 1. The Bertz CT molecular complexity index is 608. The van der Waals surface area contributed by atoms with Crippen molar-refractivity contribution >= 4 is 52.3 Å². The molecule has 1 aromatic carbocycles. The number of thioether (sulfide) groups is 1. The highest BCUT2D eigenvalue weighted by Gasteiger charge is 2.13. The number of carboxylic acid groups (broad SMARTS) is 1. The molecule has 18 heavy (non-hydrogen) atoms. The molecule has 2 nitrogen and oxygen atoms in total. The van der Waals surface area contributed by atoms with Gasteiger partial charge in [0.15, 0.2) is 0 Å². The summed E-state index contributed by atoms with van der Waals surface area (Å²) < 4.78 is 0. The van der Waals surface area contributed by atoms with Crippen LogP contribution >= 0.6 is 46.3 Å². The van der Waals surface area contributed by atoms with Gasteiger partial charge in [-0.15, -0.1) is 23.1 Å². The van der Waals surface area contributed by atoms with Gasteiger partial charge in [0, 0.05) is 15.3 Å². The summed E-state index contributed by atoms with van der Waals surface area (Å²) in [5, 5.41) is 10.1. The summed E-state index contributed by atoms with van der Waals surface area (Å²) in [5.74, 6) is -0.936. The molecule has 2 rings (SSSR count). The Balaban J connectivity index is 2.50. The fraction of sp³-hybridized carbons (Fsp3) is 0.0833. The van der Waals surface area contributed by atoms with Gasteiger partial charge >= 0.3 is 5.97 Å². The molecule has 94 valence electrons. The second-order valence-corrected chi connectivity index (χ2v) is 6.18. The zero-order chi connectivity index (χ0) is 13.3. The van der Waals surface area contributed by atoms with Gasteiger partial charge in [-0.1, -0.05) is 23.2 Å². The summed E-state index contributed by atoms with van der Waals surface area (Å²) >= 11 is 15.0. The molecule has 0 radical (unpaired) electrons. The molecule has 0 spiro atoms. The van der Waals surface area contributed by atoms with E-state index in [-0.39, 0.29) is 4.88 Å². The first kappa shape index (κ1) is 13.7. The van der Waals surface area contributed by atoms with Gasteiger partial charge in [-0.3, -0.25) is 0 Å². The average Bonchev–Trinajstić information content (AvgIpc) is 2.81. The Kier molecular flexibility index (Phi) is 4.22. The maximum atomic E-state index is 10.8. The molecule has 0 aliphatic heterocycles. The SMILES string of the molecule is CSc1cc(Cl)c(-c2ccc(C(=O)O)s2)cc1Cl. The molecule has 0 bridgehead atoms. The number of halogens is 2. The van der Waals surface area contributed by atoms with E-state index in [0.717, 1.165) is 15.3 Å². The number of carbonyl (C=O) groups is 1. The zero-order valence-electron chi connectivity index (χ0n) is 9.24. The van der Waals surface area contributed by atoms with E-state index < -0.39 is 5.97 Å². The van der Waals surface area contributed by atoms with E-state index >= 15 is 0 Å². The largest absolute Gasteiger partial charge is 0.477 e. The van der Waals surface area contributed by atoms with Crippen LogP contribution < -0.4 is 0 Å². The molecule has 0 atom stereocenters. The molecular weight excluding hydrogens is 311 g/mol. The van der Waals surface area contributed by atoms with E-state index in [4.69, 9.17) is 28.3 Å². The van der Waals surface area contributed by atoms with Crippen molar-refractivity contribution in [1.82, 2.24) is 0 Å². The first-order chi connectivity index (χ1) is 8.52. The van der Waals surface area contributed by atoms with Gasteiger partial charge < -0.3 is 5.11 Å². The van der Waals surface area contributed by atoms with E-state index in [9.17, 15) is 4.79 Å². The quantitative estimate of drug-likeness (QED) is 0.796. The third kappa shape index (κ3) is 2.67. The van der Waals surface area contributed by atoms with E-state index in [2.05, 4.69) is 0 Å². The summed E-state index contributed by atoms with van der Waals surface area (Å²) in [7, 11) is 0. The van der Waals surface area contributed by atoms with Gasteiger partial charge in [0.25, 0.3) is 0 Å². The van der Waals surface area contributed by atoms with Crippen LogP contribution in [0, 0.1) is 0 Å². The Hall–Kier alpha value is -0.680. The maximum Gasteiger partial charge on any atom is 0.345 e. The summed E-state index contributed by atoms with van der Waals surface area (Å²) in [6.45, 7) is 0. The minimum atomic E-state index is -0.936. The van der Waals surface area contributed by atoms with Crippen molar-refractivity contribution in [2.24, 2.45) is 0 Å². The highest BCUT2D eigenvalue weighted by Crippen LogP contribution is 2.39.